The van der Waals surface area contributed by atoms with E-state index in [2.05, 4.69) is 22.2 Å². The smallest absolute Gasteiger partial charge is 0.309 e. The lowest BCUT2D eigenvalue weighted by atomic mass is 9.97. The van der Waals surface area contributed by atoms with Gasteiger partial charge in [0, 0.05) is 37.6 Å². The number of hydrogen-bond acceptors (Lipinski definition) is 9. The number of fused-ring (bicyclic) bond motifs is 3. The van der Waals surface area contributed by atoms with Crippen molar-refractivity contribution in [3.63, 3.8) is 0 Å². The summed E-state index contributed by atoms with van der Waals surface area (Å²) in [5, 5.41) is 5.30. The Morgan fingerprint density at radius 3 is 2.78 bits per heavy atom. The molecule has 36 heavy (non-hydrogen) atoms. The van der Waals surface area contributed by atoms with E-state index in [1.54, 1.807) is 18.4 Å². The van der Waals surface area contributed by atoms with E-state index < -0.39 is 0 Å². The quantitative estimate of drug-likeness (QED) is 0.440. The van der Waals surface area contributed by atoms with Crippen LogP contribution in [-0.4, -0.2) is 61.2 Å². The predicted molar refractivity (Wildman–Crippen MR) is 144 cm³/mol. The van der Waals surface area contributed by atoms with Crippen molar-refractivity contribution in [3.8, 4) is 5.75 Å². The summed E-state index contributed by atoms with van der Waals surface area (Å²) in [5.41, 5.74) is 2.41. The minimum absolute atomic E-state index is 0.0491. The number of halogens is 1. The standard InChI is InChI=1S/C26H32ClN5O3S/c1-4-35-25(33)17-7-11-32(12-8-17)26-29-23(28-14-16-5-6-20(34-3)19(27)13-16)22-18-9-10-31(2)15-21(18)36-24(22)30-26/h5-6,13,17H,4,7-12,14-15H2,1-3H3,(H,28,29,30). The minimum Gasteiger partial charge on any atom is -0.495 e. The van der Waals surface area contributed by atoms with Gasteiger partial charge in [0.25, 0.3) is 0 Å². The van der Waals surface area contributed by atoms with Gasteiger partial charge >= 0.3 is 5.97 Å². The fourth-order valence-electron chi connectivity index (χ4n) is 4.96. The monoisotopic (exact) mass is 529 g/mol. The van der Waals surface area contributed by atoms with Crippen LogP contribution in [0.25, 0.3) is 10.2 Å². The Hall–Kier alpha value is -2.62. The maximum atomic E-state index is 12.2. The Morgan fingerprint density at radius 2 is 2.06 bits per heavy atom. The Balaban J connectivity index is 1.43. The first-order valence-electron chi connectivity index (χ1n) is 12.5. The normalized spacial score (nSPS) is 16.7. The number of nitrogens with one attached hydrogen (secondary N) is 1. The van der Waals surface area contributed by atoms with Gasteiger partial charge in [-0.15, -0.1) is 11.3 Å². The van der Waals surface area contributed by atoms with Crippen molar-refractivity contribution in [1.29, 1.82) is 0 Å². The molecule has 8 nitrogen and oxygen atoms in total. The molecule has 2 aliphatic heterocycles. The summed E-state index contributed by atoms with van der Waals surface area (Å²) in [4.78, 5) is 29.1. The number of carbonyl (C=O) groups is 1. The molecule has 1 N–H and O–H groups in total. The van der Waals surface area contributed by atoms with Gasteiger partial charge in [0.2, 0.25) is 5.95 Å². The number of methoxy groups -OCH3 is 1. The Kier molecular flexibility index (Phi) is 7.50. The van der Waals surface area contributed by atoms with Crippen LogP contribution in [0.1, 0.15) is 35.8 Å². The van der Waals surface area contributed by atoms with Crippen LogP contribution < -0.4 is 15.0 Å². The number of piperidine rings is 1. The summed E-state index contributed by atoms with van der Waals surface area (Å²) in [7, 11) is 3.77. The highest BCUT2D eigenvalue weighted by Crippen LogP contribution is 2.39. The fourth-order valence-corrected chi connectivity index (χ4v) is 6.54. The average Bonchev–Trinajstić information content (AvgIpc) is 3.25. The molecule has 5 rings (SSSR count). The summed E-state index contributed by atoms with van der Waals surface area (Å²) in [6.07, 6.45) is 2.49. The van der Waals surface area contributed by atoms with Crippen LogP contribution in [0.15, 0.2) is 18.2 Å². The number of ether oxygens (including phenoxy) is 2. The maximum absolute atomic E-state index is 12.2. The first-order valence-corrected chi connectivity index (χ1v) is 13.6. The van der Waals surface area contributed by atoms with E-state index in [0.29, 0.717) is 29.9 Å². The average molecular weight is 530 g/mol. The van der Waals surface area contributed by atoms with E-state index in [-0.39, 0.29) is 11.9 Å². The minimum atomic E-state index is -0.0934. The zero-order valence-corrected chi connectivity index (χ0v) is 22.5. The van der Waals surface area contributed by atoms with Gasteiger partial charge in [0.1, 0.15) is 16.4 Å². The van der Waals surface area contributed by atoms with Crippen molar-refractivity contribution in [3.05, 3.63) is 39.2 Å². The maximum Gasteiger partial charge on any atom is 0.309 e. The van der Waals surface area contributed by atoms with Crippen molar-refractivity contribution in [2.45, 2.75) is 39.3 Å². The van der Waals surface area contributed by atoms with E-state index in [1.165, 1.54) is 10.4 Å². The Labute approximate surface area is 220 Å². The number of thiophene rings is 1. The molecule has 0 aliphatic carbocycles. The van der Waals surface area contributed by atoms with Gasteiger partial charge in [0.05, 0.1) is 30.0 Å². The molecule has 0 unspecified atom stereocenters. The SMILES string of the molecule is CCOC(=O)C1CCN(c2nc(NCc3ccc(OC)c(Cl)c3)c3c4c(sc3n2)CN(C)CC4)CC1. The van der Waals surface area contributed by atoms with Crippen molar-refractivity contribution in [2.75, 3.05) is 50.6 Å². The molecule has 0 amide bonds. The lowest BCUT2D eigenvalue weighted by Gasteiger charge is -2.31. The molecular formula is C26H32ClN5O3S. The highest BCUT2D eigenvalue weighted by atomic mass is 35.5. The molecule has 0 spiro atoms. The molecule has 0 bridgehead atoms. The van der Waals surface area contributed by atoms with Crippen LogP contribution in [-0.2, 0) is 29.0 Å². The van der Waals surface area contributed by atoms with Gasteiger partial charge in [-0.2, -0.15) is 4.98 Å². The number of carbonyl (C=O) groups excluding carboxylic acids is 1. The number of benzene rings is 1. The first-order chi connectivity index (χ1) is 17.5. The number of anilines is 2. The number of esters is 1. The molecule has 1 aromatic carbocycles. The second kappa shape index (κ2) is 10.8. The predicted octanol–water partition coefficient (Wildman–Crippen LogP) is 4.73. The van der Waals surface area contributed by atoms with Crippen LogP contribution in [0.2, 0.25) is 5.02 Å². The molecule has 192 valence electrons. The highest BCUT2D eigenvalue weighted by Gasteiger charge is 2.29. The number of nitrogens with zero attached hydrogens (tertiary/aromatic N) is 4. The third kappa shape index (κ3) is 5.10. The van der Waals surface area contributed by atoms with Gasteiger partial charge in [-0.05, 0) is 56.5 Å². The van der Waals surface area contributed by atoms with Crippen LogP contribution in [0.5, 0.6) is 5.75 Å². The molecule has 0 radical (unpaired) electrons. The van der Waals surface area contributed by atoms with Gasteiger partial charge in [-0.3, -0.25) is 4.79 Å². The number of likely N-dealkylation sites (N-methyl/N-ethyl adjacent to an activating group) is 1. The second-order valence-electron chi connectivity index (χ2n) is 9.38. The van der Waals surface area contributed by atoms with Crippen molar-refractivity contribution in [2.24, 2.45) is 5.92 Å². The van der Waals surface area contributed by atoms with Crippen LogP contribution >= 0.6 is 22.9 Å². The van der Waals surface area contributed by atoms with E-state index in [1.807, 2.05) is 25.1 Å². The molecule has 2 aliphatic rings. The van der Waals surface area contributed by atoms with Gasteiger partial charge in [-0.1, -0.05) is 17.7 Å². The lowest BCUT2D eigenvalue weighted by Crippen LogP contribution is -2.38. The zero-order chi connectivity index (χ0) is 25.2. The molecule has 3 aromatic rings. The summed E-state index contributed by atoms with van der Waals surface area (Å²) in [6.45, 7) is 6.28. The third-order valence-corrected chi connectivity index (χ3v) is 8.36. The lowest BCUT2D eigenvalue weighted by molar-refractivity contribution is -0.148. The molecule has 4 heterocycles. The Morgan fingerprint density at radius 1 is 1.25 bits per heavy atom. The summed E-state index contributed by atoms with van der Waals surface area (Å²) in [5.74, 6) is 2.09. The highest BCUT2D eigenvalue weighted by molar-refractivity contribution is 7.19. The van der Waals surface area contributed by atoms with E-state index >= 15 is 0 Å². The molecular weight excluding hydrogens is 498 g/mol. The number of hydrogen-bond donors (Lipinski definition) is 1. The molecule has 1 fully saturated rings. The summed E-state index contributed by atoms with van der Waals surface area (Å²) in [6, 6.07) is 5.82. The molecule has 0 atom stereocenters. The van der Waals surface area contributed by atoms with Crippen LogP contribution in [0.4, 0.5) is 11.8 Å². The molecule has 0 saturated carbocycles. The van der Waals surface area contributed by atoms with E-state index in [0.717, 1.165) is 67.0 Å². The van der Waals surface area contributed by atoms with E-state index in [4.69, 9.17) is 31.0 Å². The summed E-state index contributed by atoms with van der Waals surface area (Å²) >= 11 is 8.12. The third-order valence-electron chi connectivity index (χ3n) is 6.95. The van der Waals surface area contributed by atoms with Gasteiger partial charge < -0.3 is 24.6 Å². The largest absolute Gasteiger partial charge is 0.495 e. The second-order valence-corrected chi connectivity index (χ2v) is 10.9. The number of aromatic nitrogens is 2. The van der Waals surface area contributed by atoms with Crippen molar-refractivity contribution < 1.29 is 14.3 Å². The topological polar surface area (TPSA) is 79.8 Å². The van der Waals surface area contributed by atoms with Crippen LogP contribution in [0.3, 0.4) is 0 Å². The zero-order valence-electron chi connectivity index (χ0n) is 21.0. The van der Waals surface area contributed by atoms with Crippen molar-refractivity contribution in [1.82, 2.24) is 14.9 Å². The molecule has 10 heteroatoms. The molecule has 2 aromatic heterocycles. The fraction of sp³-hybridized carbons (Fsp3) is 0.500. The Bertz CT molecular complexity index is 1260. The molecule has 1 saturated heterocycles. The van der Waals surface area contributed by atoms with Gasteiger partial charge in [-0.25, -0.2) is 4.98 Å². The number of rotatable bonds is 7. The van der Waals surface area contributed by atoms with Crippen molar-refractivity contribution >= 4 is 50.9 Å². The first kappa shape index (κ1) is 25.0. The van der Waals surface area contributed by atoms with Gasteiger partial charge in [0.15, 0.2) is 0 Å². The van der Waals surface area contributed by atoms with E-state index in [9.17, 15) is 4.79 Å². The van der Waals surface area contributed by atoms with Crippen LogP contribution in [0, 0.1) is 5.92 Å². The summed E-state index contributed by atoms with van der Waals surface area (Å²) < 4.78 is 10.5.